The van der Waals surface area contributed by atoms with Gasteiger partial charge in [-0.3, -0.25) is 0 Å². The smallest absolute Gasteiger partial charge is 0.0481 e. The third kappa shape index (κ3) is 2.84. The highest BCUT2D eigenvalue weighted by molar-refractivity contribution is 9.10. The minimum atomic E-state index is 0.843. The summed E-state index contributed by atoms with van der Waals surface area (Å²) in [5, 5.41) is 4.90. The van der Waals surface area contributed by atoms with Crippen molar-refractivity contribution < 1.29 is 0 Å². The molecule has 0 unspecified atom stereocenters. The van der Waals surface area contributed by atoms with Crippen LogP contribution in [0.25, 0.3) is 10.9 Å². The van der Waals surface area contributed by atoms with Gasteiger partial charge in [-0.2, -0.15) is 0 Å². The molecule has 2 nitrogen and oxygen atoms in total. The van der Waals surface area contributed by atoms with Gasteiger partial charge in [-0.05, 0) is 41.8 Å². The van der Waals surface area contributed by atoms with Crippen LogP contribution in [0.2, 0.25) is 0 Å². The number of halogens is 1. The highest BCUT2D eigenvalue weighted by Gasteiger charge is 2.07. The van der Waals surface area contributed by atoms with E-state index < -0.39 is 0 Å². The molecule has 0 amide bonds. The van der Waals surface area contributed by atoms with E-state index in [-0.39, 0.29) is 0 Å². The van der Waals surface area contributed by atoms with Crippen LogP contribution < -0.4 is 5.32 Å². The fourth-order valence-electron chi connectivity index (χ4n) is 2.78. The molecule has 3 heteroatoms. The zero-order valence-electron chi connectivity index (χ0n) is 12.4. The molecule has 0 saturated carbocycles. The Morgan fingerprint density at radius 3 is 2.71 bits per heavy atom. The van der Waals surface area contributed by atoms with Crippen molar-refractivity contribution in [2.45, 2.75) is 19.9 Å². The summed E-state index contributed by atoms with van der Waals surface area (Å²) in [6.45, 7) is 3.03. The van der Waals surface area contributed by atoms with Crippen LogP contribution in [-0.4, -0.2) is 4.57 Å². The summed E-state index contributed by atoms with van der Waals surface area (Å²) in [7, 11) is 2.10. The number of nitrogens with one attached hydrogen (secondary N) is 1. The van der Waals surface area contributed by atoms with Gasteiger partial charge < -0.3 is 9.88 Å². The molecule has 0 fully saturated rings. The molecule has 0 aliphatic carbocycles. The van der Waals surface area contributed by atoms with Crippen LogP contribution in [0.1, 0.15) is 18.1 Å². The second kappa shape index (κ2) is 5.94. The molecule has 2 aromatic carbocycles. The fraction of sp³-hybridized carbons (Fsp3) is 0.222. The number of hydrogen-bond acceptors (Lipinski definition) is 1. The zero-order valence-corrected chi connectivity index (χ0v) is 13.9. The molecule has 0 radical (unpaired) electrons. The zero-order chi connectivity index (χ0) is 14.8. The van der Waals surface area contributed by atoms with Gasteiger partial charge in [0, 0.05) is 40.9 Å². The summed E-state index contributed by atoms with van der Waals surface area (Å²) in [6, 6.07) is 15.0. The molecule has 1 heterocycles. The fourth-order valence-corrected chi connectivity index (χ4v) is 3.19. The Hall–Kier alpha value is -1.74. The Morgan fingerprint density at radius 2 is 1.90 bits per heavy atom. The highest BCUT2D eigenvalue weighted by atomic mass is 79.9. The van der Waals surface area contributed by atoms with Gasteiger partial charge in [0.25, 0.3) is 0 Å². The number of para-hydroxylation sites is 1. The maximum absolute atomic E-state index is 3.58. The van der Waals surface area contributed by atoms with Crippen LogP contribution in [0.15, 0.2) is 53.1 Å². The highest BCUT2D eigenvalue weighted by Crippen LogP contribution is 2.24. The van der Waals surface area contributed by atoms with Crippen LogP contribution in [0.4, 0.5) is 5.69 Å². The van der Waals surface area contributed by atoms with Crippen molar-refractivity contribution in [3.05, 3.63) is 64.3 Å². The Balaban J connectivity index is 1.87. The van der Waals surface area contributed by atoms with Gasteiger partial charge in [0.15, 0.2) is 0 Å². The molecule has 1 N–H and O–H groups in total. The van der Waals surface area contributed by atoms with Gasteiger partial charge in [0.2, 0.25) is 0 Å². The summed E-state index contributed by atoms with van der Waals surface area (Å²) >= 11 is 3.54. The number of fused-ring (bicyclic) bond motifs is 1. The minimum absolute atomic E-state index is 0.843. The lowest BCUT2D eigenvalue weighted by Gasteiger charge is -2.11. The molecule has 0 bridgehead atoms. The summed E-state index contributed by atoms with van der Waals surface area (Å²) in [6.07, 6.45) is 3.24. The maximum Gasteiger partial charge on any atom is 0.0481 e. The molecule has 1 aromatic heterocycles. The molecule has 108 valence electrons. The number of hydrogen-bond donors (Lipinski definition) is 1. The molecule has 0 saturated heterocycles. The first-order valence-corrected chi connectivity index (χ1v) is 8.03. The normalized spacial score (nSPS) is 11.0. The third-order valence-corrected chi connectivity index (χ3v) is 4.39. The van der Waals surface area contributed by atoms with Crippen molar-refractivity contribution in [3.63, 3.8) is 0 Å². The van der Waals surface area contributed by atoms with E-state index in [2.05, 4.69) is 88.4 Å². The molecule has 0 aliphatic rings. The SMILES string of the molecule is CCc1cc(Br)ccc1NCc1cn(C)c2ccccc12. The first kappa shape index (κ1) is 14.2. The van der Waals surface area contributed by atoms with E-state index in [0.29, 0.717) is 0 Å². The Kier molecular flexibility index (Phi) is 4.02. The number of benzene rings is 2. The van der Waals surface area contributed by atoms with Crippen molar-refractivity contribution in [2.75, 3.05) is 5.32 Å². The number of nitrogens with zero attached hydrogens (tertiary/aromatic N) is 1. The molecule has 0 spiro atoms. The average Bonchev–Trinajstić information content (AvgIpc) is 2.83. The molecular weight excluding hydrogens is 324 g/mol. The van der Waals surface area contributed by atoms with Crippen molar-refractivity contribution >= 4 is 32.5 Å². The maximum atomic E-state index is 3.58. The topological polar surface area (TPSA) is 17.0 Å². The van der Waals surface area contributed by atoms with Crippen LogP contribution in [0.5, 0.6) is 0 Å². The van der Waals surface area contributed by atoms with E-state index in [9.17, 15) is 0 Å². The minimum Gasteiger partial charge on any atom is -0.381 e. The number of aromatic nitrogens is 1. The van der Waals surface area contributed by atoms with Crippen molar-refractivity contribution in [1.82, 2.24) is 4.57 Å². The first-order chi connectivity index (χ1) is 10.2. The van der Waals surface area contributed by atoms with Gasteiger partial charge in [0.05, 0.1) is 0 Å². The van der Waals surface area contributed by atoms with Crippen LogP contribution in [0, 0.1) is 0 Å². The predicted molar refractivity (Wildman–Crippen MR) is 93.8 cm³/mol. The van der Waals surface area contributed by atoms with Crippen LogP contribution in [0.3, 0.4) is 0 Å². The van der Waals surface area contributed by atoms with Crippen molar-refractivity contribution in [2.24, 2.45) is 7.05 Å². The third-order valence-electron chi connectivity index (χ3n) is 3.90. The number of aryl methyl sites for hydroxylation is 2. The Morgan fingerprint density at radius 1 is 1.10 bits per heavy atom. The second-order valence-electron chi connectivity index (χ2n) is 5.29. The molecule has 3 aromatic rings. The van der Waals surface area contributed by atoms with Crippen molar-refractivity contribution in [1.29, 1.82) is 0 Å². The Bertz CT molecular complexity index is 774. The second-order valence-corrected chi connectivity index (χ2v) is 6.21. The van der Waals surface area contributed by atoms with Gasteiger partial charge in [-0.25, -0.2) is 0 Å². The van der Waals surface area contributed by atoms with Gasteiger partial charge in [0.1, 0.15) is 0 Å². The van der Waals surface area contributed by atoms with Gasteiger partial charge in [-0.15, -0.1) is 0 Å². The number of anilines is 1. The summed E-state index contributed by atoms with van der Waals surface area (Å²) in [5.74, 6) is 0. The monoisotopic (exact) mass is 342 g/mol. The van der Waals surface area contributed by atoms with E-state index in [4.69, 9.17) is 0 Å². The Labute approximate surface area is 133 Å². The molecule has 3 rings (SSSR count). The van der Waals surface area contributed by atoms with E-state index in [1.165, 1.54) is 27.7 Å². The predicted octanol–water partition coefficient (Wildman–Crippen LogP) is 5.12. The lowest BCUT2D eigenvalue weighted by molar-refractivity contribution is 0.955. The van der Waals surface area contributed by atoms with E-state index in [0.717, 1.165) is 17.4 Å². The molecule has 21 heavy (non-hydrogen) atoms. The van der Waals surface area contributed by atoms with Gasteiger partial charge in [-0.1, -0.05) is 41.1 Å². The van der Waals surface area contributed by atoms with E-state index >= 15 is 0 Å². The average molecular weight is 343 g/mol. The van der Waals surface area contributed by atoms with Crippen LogP contribution in [-0.2, 0) is 20.0 Å². The van der Waals surface area contributed by atoms with E-state index in [1.807, 2.05) is 0 Å². The largest absolute Gasteiger partial charge is 0.381 e. The molecule has 0 atom stereocenters. The summed E-state index contributed by atoms with van der Waals surface area (Å²) in [4.78, 5) is 0. The molecule has 0 aliphatic heterocycles. The van der Waals surface area contributed by atoms with Crippen LogP contribution >= 0.6 is 15.9 Å². The quantitative estimate of drug-likeness (QED) is 0.696. The lowest BCUT2D eigenvalue weighted by atomic mass is 10.1. The standard InChI is InChI=1S/C18H19BrN2/c1-3-13-10-15(19)8-9-17(13)20-11-14-12-21(2)18-7-5-4-6-16(14)18/h4-10,12,20H,3,11H2,1-2H3. The molecular formula is C18H19BrN2. The van der Waals surface area contributed by atoms with Gasteiger partial charge >= 0.3 is 0 Å². The lowest BCUT2D eigenvalue weighted by Crippen LogP contribution is -2.01. The number of rotatable bonds is 4. The first-order valence-electron chi connectivity index (χ1n) is 7.24. The summed E-state index contributed by atoms with van der Waals surface area (Å²) in [5.41, 5.74) is 5.16. The van der Waals surface area contributed by atoms with E-state index in [1.54, 1.807) is 0 Å². The van der Waals surface area contributed by atoms with Crippen molar-refractivity contribution in [3.8, 4) is 0 Å². The summed E-state index contributed by atoms with van der Waals surface area (Å²) < 4.78 is 3.32.